The Morgan fingerprint density at radius 2 is 2.55 bits per heavy atom. The van der Waals surface area contributed by atoms with Gasteiger partial charge in [0.15, 0.2) is 0 Å². The molecule has 1 rings (SSSR count). The summed E-state index contributed by atoms with van der Waals surface area (Å²) in [5.74, 6) is 0.425. The van der Waals surface area contributed by atoms with Crippen molar-refractivity contribution in [3.63, 3.8) is 0 Å². The van der Waals surface area contributed by atoms with Crippen molar-refractivity contribution in [1.82, 2.24) is 0 Å². The first-order chi connectivity index (χ1) is 5.34. The number of carbonyl (C=O) groups is 1. The van der Waals surface area contributed by atoms with E-state index in [-0.39, 0.29) is 11.7 Å². The molecule has 0 aromatic rings. The highest BCUT2D eigenvalue weighted by atomic mass is 16.5. The Hall–Kier alpha value is -0.410. The van der Waals surface area contributed by atoms with Crippen molar-refractivity contribution < 1.29 is 14.3 Å². The fraction of sp³-hybridized carbons (Fsp3) is 0.875. The number of hydrogen-bond acceptors (Lipinski definition) is 3. The minimum absolute atomic E-state index is 0.144. The van der Waals surface area contributed by atoms with Crippen LogP contribution in [0.2, 0.25) is 0 Å². The quantitative estimate of drug-likeness (QED) is 0.602. The number of Topliss-reactive ketones (excluding diaryl/α,β-unsaturated/α-hetero) is 1. The molecule has 0 N–H and O–H groups in total. The lowest BCUT2D eigenvalue weighted by molar-refractivity contribution is -0.123. The second kappa shape index (κ2) is 4.46. The molecule has 1 atom stereocenters. The van der Waals surface area contributed by atoms with Gasteiger partial charge >= 0.3 is 0 Å². The summed E-state index contributed by atoms with van der Waals surface area (Å²) in [6, 6.07) is 0. The van der Waals surface area contributed by atoms with Crippen LogP contribution in [0.4, 0.5) is 0 Å². The highest BCUT2D eigenvalue weighted by molar-refractivity contribution is 5.81. The van der Waals surface area contributed by atoms with Crippen LogP contribution in [0.15, 0.2) is 0 Å². The van der Waals surface area contributed by atoms with Crippen molar-refractivity contribution in [3.05, 3.63) is 0 Å². The highest BCUT2D eigenvalue weighted by Crippen LogP contribution is 2.14. The zero-order chi connectivity index (χ0) is 8.10. The first-order valence-electron chi connectivity index (χ1n) is 3.94. The molecule has 0 amide bonds. The average molecular weight is 158 g/mol. The van der Waals surface area contributed by atoms with E-state index >= 15 is 0 Å². The third-order valence-electron chi connectivity index (χ3n) is 1.94. The Labute approximate surface area is 66.7 Å². The van der Waals surface area contributed by atoms with E-state index < -0.39 is 0 Å². The van der Waals surface area contributed by atoms with Gasteiger partial charge in [-0.15, -0.1) is 0 Å². The molecule has 0 saturated carbocycles. The lowest BCUT2D eigenvalue weighted by Crippen LogP contribution is -2.15. The first kappa shape index (κ1) is 8.68. The summed E-state index contributed by atoms with van der Waals surface area (Å²) in [5, 5.41) is 0. The third-order valence-corrected chi connectivity index (χ3v) is 1.94. The van der Waals surface area contributed by atoms with E-state index in [9.17, 15) is 4.79 Å². The maximum atomic E-state index is 11.2. The normalized spacial score (nSPS) is 23.9. The fourth-order valence-electron chi connectivity index (χ4n) is 1.20. The van der Waals surface area contributed by atoms with Crippen LogP contribution >= 0.6 is 0 Å². The van der Waals surface area contributed by atoms with Crippen LogP contribution in [0.3, 0.4) is 0 Å². The summed E-state index contributed by atoms with van der Waals surface area (Å²) in [7, 11) is 1.61. The predicted octanol–water partition coefficient (Wildman–Crippen LogP) is 0.629. The standard InChI is InChI=1S/C8H14O3/c1-10-4-3-8(9)7-2-5-11-6-7/h7H,2-6H2,1H3. The molecule has 0 aromatic heterocycles. The molecule has 1 fully saturated rings. The molecular weight excluding hydrogens is 144 g/mol. The SMILES string of the molecule is COCCC(=O)C1CCOC1. The van der Waals surface area contributed by atoms with Gasteiger partial charge in [0.1, 0.15) is 5.78 Å². The lowest BCUT2D eigenvalue weighted by atomic mass is 10.0. The van der Waals surface area contributed by atoms with E-state index in [1.54, 1.807) is 7.11 Å². The molecule has 0 radical (unpaired) electrons. The summed E-state index contributed by atoms with van der Waals surface area (Å²) in [4.78, 5) is 11.2. The average Bonchev–Trinajstić information content (AvgIpc) is 2.52. The van der Waals surface area contributed by atoms with E-state index in [1.807, 2.05) is 0 Å². The van der Waals surface area contributed by atoms with Crippen LogP contribution in [0.25, 0.3) is 0 Å². The molecule has 1 aliphatic rings. The van der Waals surface area contributed by atoms with Crippen LogP contribution < -0.4 is 0 Å². The molecule has 0 bridgehead atoms. The molecule has 0 spiro atoms. The van der Waals surface area contributed by atoms with Gasteiger partial charge in [-0.1, -0.05) is 0 Å². The minimum atomic E-state index is 0.144. The van der Waals surface area contributed by atoms with Crippen molar-refractivity contribution in [1.29, 1.82) is 0 Å². The van der Waals surface area contributed by atoms with Crippen LogP contribution in [-0.4, -0.2) is 32.7 Å². The van der Waals surface area contributed by atoms with Gasteiger partial charge in [-0.05, 0) is 6.42 Å². The maximum Gasteiger partial charge on any atom is 0.140 e. The zero-order valence-corrected chi connectivity index (χ0v) is 6.84. The summed E-state index contributed by atoms with van der Waals surface area (Å²) in [6.45, 7) is 1.89. The third kappa shape index (κ3) is 2.60. The van der Waals surface area contributed by atoms with Crippen molar-refractivity contribution in [2.24, 2.45) is 5.92 Å². The van der Waals surface area contributed by atoms with Crippen LogP contribution in [0.1, 0.15) is 12.8 Å². The van der Waals surface area contributed by atoms with Gasteiger partial charge in [0.2, 0.25) is 0 Å². The molecule has 0 aliphatic carbocycles. The number of hydrogen-bond donors (Lipinski definition) is 0. The molecule has 64 valence electrons. The fourth-order valence-corrected chi connectivity index (χ4v) is 1.20. The zero-order valence-electron chi connectivity index (χ0n) is 6.84. The Morgan fingerprint density at radius 3 is 3.09 bits per heavy atom. The number of rotatable bonds is 4. The monoisotopic (exact) mass is 158 g/mol. The van der Waals surface area contributed by atoms with Crippen LogP contribution in [0.5, 0.6) is 0 Å². The van der Waals surface area contributed by atoms with Gasteiger partial charge in [-0.2, -0.15) is 0 Å². The van der Waals surface area contributed by atoms with Gasteiger partial charge in [0.25, 0.3) is 0 Å². The van der Waals surface area contributed by atoms with Crippen LogP contribution in [0, 0.1) is 5.92 Å². The Bertz CT molecular complexity index is 127. The Kier molecular flexibility index (Phi) is 3.52. The van der Waals surface area contributed by atoms with Gasteiger partial charge in [-0.3, -0.25) is 4.79 Å². The number of methoxy groups -OCH3 is 1. The molecule has 0 aromatic carbocycles. The summed E-state index contributed by atoms with van der Waals surface area (Å²) < 4.78 is 9.91. The van der Waals surface area contributed by atoms with Gasteiger partial charge < -0.3 is 9.47 Å². The molecule has 3 heteroatoms. The van der Waals surface area contributed by atoms with E-state index in [1.165, 1.54) is 0 Å². The molecule has 1 unspecified atom stereocenters. The van der Waals surface area contributed by atoms with E-state index in [2.05, 4.69) is 0 Å². The van der Waals surface area contributed by atoms with Gasteiger partial charge in [0, 0.05) is 26.1 Å². The number of ketones is 1. The predicted molar refractivity (Wildman–Crippen MR) is 40.4 cm³/mol. The Balaban J connectivity index is 2.17. The molecule has 1 saturated heterocycles. The topological polar surface area (TPSA) is 35.5 Å². The molecule has 1 heterocycles. The highest BCUT2D eigenvalue weighted by Gasteiger charge is 2.22. The smallest absolute Gasteiger partial charge is 0.140 e. The van der Waals surface area contributed by atoms with E-state index in [0.29, 0.717) is 19.6 Å². The van der Waals surface area contributed by atoms with Crippen molar-refractivity contribution in [3.8, 4) is 0 Å². The minimum Gasteiger partial charge on any atom is -0.384 e. The summed E-state index contributed by atoms with van der Waals surface area (Å²) in [5.41, 5.74) is 0. The molecule has 11 heavy (non-hydrogen) atoms. The summed E-state index contributed by atoms with van der Waals surface area (Å²) >= 11 is 0. The maximum absolute atomic E-state index is 11.2. The van der Waals surface area contributed by atoms with Crippen molar-refractivity contribution in [2.75, 3.05) is 26.9 Å². The van der Waals surface area contributed by atoms with E-state index in [0.717, 1.165) is 13.0 Å². The first-order valence-corrected chi connectivity index (χ1v) is 3.94. The molecule has 3 nitrogen and oxygen atoms in total. The number of ether oxygens (including phenoxy) is 2. The summed E-state index contributed by atoms with van der Waals surface area (Å²) in [6.07, 6.45) is 1.42. The second-order valence-electron chi connectivity index (χ2n) is 2.77. The number of carbonyl (C=O) groups excluding carboxylic acids is 1. The van der Waals surface area contributed by atoms with E-state index in [4.69, 9.17) is 9.47 Å². The van der Waals surface area contributed by atoms with Crippen molar-refractivity contribution in [2.45, 2.75) is 12.8 Å². The second-order valence-corrected chi connectivity index (χ2v) is 2.77. The Morgan fingerprint density at radius 1 is 1.73 bits per heavy atom. The molecular formula is C8H14O3. The largest absolute Gasteiger partial charge is 0.384 e. The van der Waals surface area contributed by atoms with Gasteiger partial charge in [0.05, 0.1) is 13.2 Å². The van der Waals surface area contributed by atoms with Gasteiger partial charge in [-0.25, -0.2) is 0 Å². The molecule has 1 aliphatic heterocycles. The van der Waals surface area contributed by atoms with Crippen molar-refractivity contribution >= 4 is 5.78 Å². The van der Waals surface area contributed by atoms with Crippen LogP contribution in [-0.2, 0) is 14.3 Å². The lowest BCUT2D eigenvalue weighted by Gasteiger charge is -2.04.